The fraction of sp³-hybridized carbons (Fsp3) is 0.250. The number of nitrogens with two attached hydrogens (primary N) is 1. The molecule has 0 aromatic heterocycles. The molecule has 2 aromatic carbocycles. The van der Waals surface area contributed by atoms with Crippen LogP contribution in [-0.4, -0.2) is 16.9 Å². The number of nitro benzene ring substituents is 1. The van der Waals surface area contributed by atoms with Gasteiger partial charge < -0.3 is 5.73 Å². The van der Waals surface area contributed by atoms with Gasteiger partial charge in [0.2, 0.25) is 0 Å². The number of nitrogens with zero attached hydrogens (tertiary/aromatic N) is 2. The van der Waals surface area contributed by atoms with Crippen LogP contribution in [0.25, 0.3) is 0 Å². The molecule has 0 unspecified atom stereocenters. The predicted octanol–water partition coefficient (Wildman–Crippen LogP) is 3.12. The van der Waals surface area contributed by atoms with E-state index in [1.54, 1.807) is 6.07 Å². The summed E-state index contributed by atoms with van der Waals surface area (Å²) in [5.41, 5.74) is 9.36. The van der Waals surface area contributed by atoms with Crippen LogP contribution in [0.15, 0.2) is 42.5 Å². The predicted molar refractivity (Wildman–Crippen MR) is 83.9 cm³/mol. The van der Waals surface area contributed by atoms with Crippen molar-refractivity contribution in [2.24, 2.45) is 0 Å². The highest BCUT2D eigenvalue weighted by Crippen LogP contribution is 2.26. The van der Waals surface area contributed by atoms with Gasteiger partial charge in [-0.15, -0.1) is 0 Å². The van der Waals surface area contributed by atoms with E-state index in [9.17, 15) is 10.1 Å². The quantitative estimate of drug-likeness (QED) is 0.520. The number of rotatable bonds is 5. The Hall–Kier alpha value is -2.40. The maximum atomic E-state index is 10.9. The van der Waals surface area contributed by atoms with Crippen molar-refractivity contribution in [1.82, 2.24) is 4.90 Å². The molecule has 0 saturated heterocycles. The Balaban J connectivity index is 2.13. The summed E-state index contributed by atoms with van der Waals surface area (Å²) in [6.07, 6.45) is 0. The van der Waals surface area contributed by atoms with Crippen LogP contribution in [0.2, 0.25) is 0 Å². The van der Waals surface area contributed by atoms with Crippen molar-refractivity contribution < 1.29 is 4.92 Å². The number of hydrogen-bond acceptors (Lipinski definition) is 4. The second-order valence-electron chi connectivity index (χ2n) is 5.21. The summed E-state index contributed by atoms with van der Waals surface area (Å²) in [7, 11) is 1.98. The Morgan fingerprint density at radius 3 is 2.38 bits per heavy atom. The summed E-state index contributed by atoms with van der Waals surface area (Å²) >= 11 is 0. The van der Waals surface area contributed by atoms with E-state index in [1.165, 1.54) is 17.2 Å². The van der Waals surface area contributed by atoms with E-state index < -0.39 is 4.92 Å². The van der Waals surface area contributed by atoms with Crippen LogP contribution in [0.5, 0.6) is 0 Å². The Bertz CT molecular complexity index is 656. The van der Waals surface area contributed by atoms with Gasteiger partial charge in [-0.05, 0) is 30.7 Å². The summed E-state index contributed by atoms with van der Waals surface area (Å²) in [5, 5.41) is 10.9. The zero-order valence-corrected chi connectivity index (χ0v) is 12.2. The van der Waals surface area contributed by atoms with E-state index in [0.29, 0.717) is 6.54 Å². The molecule has 2 aromatic rings. The zero-order valence-electron chi connectivity index (χ0n) is 12.2. The molecular weight excluding hydrogens is 266 g/mol. The van der Waals surface area contributed by atoms with Crippen LogP contribution in [0.4, 0.5) is 11.4 Å². The molecule has 0 fully saturated rings. The van der Waals surface area contributed by atoms with Crippen LogP contribution in [0.1, 0.15) is 16.7 Å². The van der Waals surface area contributed by atoms with Crippen molar-refractivity contribution in [2.75, 3.05) is 12.8 Å². The lowest BCUT2D eigenvalue weighted by Gasteiger charge is -2.19. The number of nitro groups is 1. The van der Waals surface area contributed by atoms with Gasteiger partial charge in [0.25, 0.3) is 5.69 Å². The summed E-state index contributed by atoms with van der Waals surface area (Å²) < 4.78 is 0. The van der Waals surface area contributed by atoms with E-state index in [4.69, 9.17) is 5.73 Å². The molecule has 5 nitrogen and oxygen atoms in total. The third-order valence-electron chi connectivity index (χ3n) is 3.51. The van der Waals surface area contributed by atoms with Crippen LogP contribution >= 0.6 is 0 Å². The summed E-state index contributed by atoms with van der Waals surface area (Å²) in [6, 6.07) is 13.1. The lowest BCUT2D eigenvalue weighted by molar-refractivity contribution is -0.384. The molecule has 0 spiro atoms. The van der Waals surface area contributed by atoms with E-state index in [1.807, 2.05) is 25.2 Å². The summed E-state index contributed by atoms with van der Waals surface area (Å²) in [5.74, 6) is 0. The fourth-order valence-corrected chi connectivity index (χ4v) is 2.32. The molecule has 2 rings (SSSR count). The van der Waals surface area contributed by atoms with Crippen molar-refractivity contribution in [1.29, 1.82) is 0 Å². The molecule has 21 heavy (non-hydrogen) atoms. The molecule has 2 N–H and O–H groups in total. The number of nitrogen functional groups attached to an aromatic ring is 1. The van der Waals surface area contributed by atoms with Gasteiger partial charge in [0.15, 0.2) is 0 Å². The van der Waals surface area contributed by atoms with Gasteiger partial charge in [0.1, 0.15) is 5.69 Å². The van der Waals surface area contributed by atoms with E-state index >= 15 is 0 Å². The van der Waals surface area contributed by atoms with Crippen LogP contribution in [-0.2, 0) is 13.1 Å². The number of hydrogen-bond donors (Lipinski definition) is 1. The maximum Gasteiger partial charge on any atom is 0.292 e. The molecular formula is C16H19N3O2. The first kappa shape index (κ1) is 15.0. The molecule has 0 radical (unpaired) electrons. The zero-order chi connectivity index (χ0) is 15.4. The molecule has 0 atom stereocenters. The highest BCUT2D eigenvalue weighted by Gasteiger charge is 2.15. The van der Waals surface area contributed by atoms with Gasteiger partial charge in [-0.2, -0.15) is 0 Å². The lowest BCUT2D eigenvalue weighted by atomic mass is 10.1. The van der Waals surface area contributed by atoms with E-state index in [0.717, 1.165) is 12.1 Å². The van der Waals surface area contributed by atoms with Crippen molar-refractivity contribution in [3.63, 3.8) is 0 Å². The maximum absolute atomic E-state index is 10.9. The topological polar surface area (TPSA) is 72.4 Å². The number of benzene rings is 2. The second-order valence-corrected chi connectivity index (χ2v) is 5.21. The third-order valence-corrected chi connectivity index (χ3v) is 3.51. The summed E-state index contributed by atoms with van der Waals surface area (Å²) in [6.45, 7) is 3.42. The Labute approximate surface area is 124 Å². The Morgan fingerprint density at radius 1 is 1.10 bits per heavy atom. The van der Waals surface area contributed by atoms with Gasteiger partial charge in [0, 0.05) is 19.2 Å². The summed E-state index contributed by atoms with van der Waals surface area (Å²) in [4.78, 5) is 12.6. The molecule has 5 heteroatoms. The lowest BCUT2D eigenvalue weighted by Crippen LogP contribution is -2.19. The molecule has 0 amide bonds. The van der Waals surface area contributed by atoms with Gasteiger partial charge in [-0.25, -0.2) is 0 Å². The smallest absolute Gasteiger partial charge is 0.292 e. The fourth-order valence-electron chi connectivity index (χ4n) is 2.32. The average Bonchev–Trinajstić information content (AvgIpc) is 2.43. The molecule has 110 valence electrons. The van der Waals surface area contributed by atoms with Gasteiger partial charge >= 0.3 is 0 Å². The first-order chi connectivity index (χ1) is 9.99. The standard InChI is InChI=1S/C16H19N3O2/c1-12-6-3-4-7-13(12)10-18(2)11-14-8-5-9-15(16(14)17)19(20)21/h3-9H,10-11,17H2,1-2H3. The number of para-hydroxylation sites is 1. The monoisotopic (exact) mass is 285 g/mol. The van der Waals surface area contributed by atoms with E-state index in [2.05, 4.69) is 24.0 Å². The van der Waals surface area contributed by atoms with Crippen molar-refractivity contribution >= 4 is 11.4 Å². The molecule has 0 aliphatic carbocycles. The average molecular weight is 285 g/mol. The van der Waals surface area contributed by atoms with E-state index in [-0.39, 0.29) is 11.4 Å². The minimum absolute atomic E-state index is 0.0307. The first-order valence-corrected chi connectivity index (χ1v) is 6.74. The highest BCUT2D eigenvalue weighted by molar-refractivity contribution is 5.62. The highest BCUT2D eigenvalue weighted by atomic mass is 16.6. The normalized spacial score (nSPS) is 10.8. The van der Waals surface area contributed by atoms with Crippen molar-refractivity contribution in [3.8, 4) is 0 Å². The Morgan fingerprint density at radius 2 is 1.71 bits per heavy atom. The Kier molecular flexibility index (Phi) is 4.55. The first-order valence-electron chi connectivity index (χ1n) is 6.74. The van der Waals surface area contributed by atoms with Crippen molar-refractivity contribution in [2.45, 2.75) is 20.0 Å². The molecule has 0 bridgehead atoms. The van der Waals surface area contributed by atoms with Crippen molar-refractivity contribution in [3.05, 3.63) is 69.3 Å². The van der Waals surface area contributed by atoms with Gasteiger partial charge in [0.05, 0.1) is 4.92 Å². The van der Waals surface area contributed by atoms with Crippen LogP contribution < -0.4 is 5.73 Å². The van der Waals surface area contributed by atoms with Gasteiger partial charge in [-0.1, -0.05) is 36.4 Å². The minimum atomic E-state index is -0.444. The number of anilines is 1. The molecule has 0 heterocycles. The number of aryl methyl sites for hydroxylation is 1. The molecule has 0 saturated carbocycles. The molecule has 0 aliphatic rings. The molecule has 0 aliphatic heterocycles. The largest absolute Gasteiger partial charge is 0.393 e. The minimum Gasteiger partial charge on any atom is -0.393 e. The SMILES string of the molecule is Cc1ccccc1CN(C)Cc1cccc([N+](=O)[O-])c1N. The van der Waals surface area contributed by atoms with Crippen LogP contribution in [0.3, 0.4) is 0 Å². The second kappa shape index (κ2) is 6.37. The van der Waals surface area contributed by atoms with Crippen LogP contribution in [0, 0.1) is 17.0 Å². The third kappa shape index (κ3) is 3.58. The van der Waals surface area contributed by atoms with Gasteiger partial charge in [-0.3, -0.25) is 15.0 Å².